The second kappa shape index (κ2) is 7.40. The molecule has 0 unspecified atom stereocenters. The fourth-order valence-corrected chi connectivity index (χ4v) is 6.39. The lowest BCUT2D eigenvalue weighted by molar-refractivity contribution is -0.128. The van der Waals surface area contributed by atoms with Crippen LogP contribution < -0.4 is 5.32 Å². The van der Waals surface area contributed by atoms with Gasteiger partial charge in [0.05, 0.1) is 11.5 Å². The average Bonchev–Trinajstić information content (AvgIpc) is 3.03. The van der Waals surface area contributed by atoms with Gasteiger partial charge in [-0.05, 0) is 64.5 Å². The molecule has 1 amide bonds. The van der Waals surface area contributed by atoms with E-state index in [1.807, 2.05) is 32.9 Å². The topological polar surface area (TPSA) is 92.5 Å². The molecule has 1 aliphatic carbocycles. The van der Waals surface area contributed by atoms with E-state index >= 15 is 0 Å². The molecule has 2 aromatic rings. The SMILES string of the molecule is CC(C)(C)NC(=O)[C@H]1C[C@H](S(=O)(=O)N2CCC(c3coc4cccnc34)CC2)C1. The van der Waals surface area contributed by atoms with Gasteiger partial charge in [0.2, 0.25) is 15.9 Å². The van der Waals surface area contributed by atoms with Gasteiger partial charge < -0.3 is 9.73 Å². The Hall–Kier alpha value is -1.93. The molecule has 1 saturated carbocycles. The Bertz CT molecular complexity index is 994. The summed E-state index contributed by atoms with van der Waals surface area (Å²) in [6.07, 6.45) is 5.86. The Balaban J connectivity index is 1.34. The Kier molecular flexibility index (Phi) is 5.19. The van der Waals surface area contributed by atoms with Gasteiger partial charge in [-0.3, -0.25) is 9.78 Å². The highest BCUT2D eigenvalue weighted by molar-refractivity contribution is 7.89. The molecule has 8 heteroatoms. The summed E-state index contributed by atoms with van der Waals surface area (Å²) in [4.78, 5) is 16.7. The first kappa shape index (κ1) is 20.3. The molecule has 3 heterocycles. The van der Waals surface area contributed by atoms with E-state index in [0.717, 1.165) is 29.5 Å². The molecule has 0 aromatic carbocycles. The quantitative estimate of drug-likeness (QED) is 0.822. The summed E-state index contributed by atoms with van der Waals surface area (Å²) < 4.78 is 33.2. The first-order valence-electron chi connectivity index (χ1n) is 10.3. The van der Waals surface area contributed by atoms with Gasteiger partial charge in [-0.1, -0.05) is 0 Å². The summed E-state index contributed by atoms with van der Waals surface area (Å²) in [5.41, 5.74) is 2.42. The van der Waals surface area contributed by atoms with E-state index in [1.54, 1.807) is 16.8 Å². The number of pyridine rings is 1. The fourth-order valence-electron chi connectivity index (χ4n) is 4.30. The van der Waals surface area contributed by atoms with Crippen LogP contribution in [0.5, 0.6) is 0 Å². The van der Waals surface area contributed by atoms with Crippen molar-refractivity contribution in [2.24, 2.45) is 5.92 Å². The number of fused-ring (bicyclic) bond motifs is 1. The van der Waals surface area contributed by atoms with Crippen molar-refractivity contribution in [1.29, 1.82) is 0 Å². The minimum atomic E-state index is -3.36. The number of carbonyl (C=O) groups excluding carboxylic acids is 1. The van der Waals surface area contributed by atoms with Crippen molar-refractivity contribution in [2.75, 3.05) is 13.1 Å². The van der Waals surface area contributed by atoms with Gasteiger partial charge in [-0.15, -0.1) is 0 Å². The third kappa shape index (κ3) is 4.05. The number of nitrogens with one attached hydrogen (secondary N) is 1. The van der Waals surface area contributed by atoms with Gasteiger partial charge in [-0.25, -0.2) is 12.7 Å². The number of carbonyl (C=O) groups is 1. The van der Waals surface area contributed by atoms with Gasteiger partial charge in [0.25, 0.3) is 0 Å². The summed E-state index contributed by atoms with van der Waals surface area (Å²) in [6, 6.07) is 3.74. The average molecular weight is 420 g/mol. The molecule has 2 fully saturated rings. The lowest BCUT2D eigenvalue weighted by Gasteiger charge is -2.40. The number of aromatic nitrogens is 1. The van der Waals surface area contributed by atoms with Crippen molar-refractivity contribution >= 4 is 27.0 Å². The number of hydrogen-bond acceptors (Lipinski definition) is 5. The van der Waals surface area contributed by atoms with E-state index in [9.17, 15) is 13.2 Å². The molecule has 0 spiro atoms. The molecule has 2 aromatic heterocycles. The van der Waals surface area contributed by atoms with Crippen LogP contribution in [0.15, 0.2) is 29.0 Å². The summed E-state index contributed by atoms with van der Waals surface area (Å²) in [5, 5.41) is 2.51. The van der Waals surface area contributed by atoms with Crippen LogP contribution in [0, 0.1) is 5.92 Å². The van der Waals surface area contributed by atoms with Gasteiger partial charge in [0.15, 0.2) is 5.58 Å². The molecular weight excluding hydrogens is 390 g/mol. The number of hydrogen-bond donors (Lipinski definition) is 1. The zero-order chi connectivity index (χ0) is 20.8. The van der Waals surface area contributed by atoms with Gasteiger partial charge >= 0.3 is 0 Å². The van der Waals surface area contributed by atoms with Crippen molar-refractivity contribution in [3.05, 3.63) is 30.2 Å². The normalized spacial score (nSPS) is 24.4. The second-order valence-corrected chi connectivity index (χ2v) is 11.5. The molecule has 158 valence electrons. The van der Waals surface area contributed by atoms with Crippen LogP contribution in [-0.4, -0.2) is 47.5 Å². The first-order chi connectivity index (χ1) is 13.6. The smallest absolute Gasteiger partial charge is 0.223 e. The zero-order valence-electron chi connectivity index (χ0n) is 17.2. The number of piperidine rings is 1. The lowest BCUT2D eigenvalue weighted by atomic mass is 9.83. The van der Waals surface area contributed by atoms with Gasteiger partial charge in [-0.2, -0.15) is 0 Å². The van der Waals surface area contributed by atoms with E-state index in [2.05, 4.69) is 10.3 Å². The molecule has 0 bridgehead atoms. The molecule has 29 heavy (non-hydrogen) atoms. The van der Waals surface area contributed by atoms with Crippen LogP contribution in [0.1, 0.15) is 57.9 Å². The summed E-state index contributed by atoms with van der Waals surface area (Å²) in [7, 11) is -3.36. The molecule has 7 nitrogen and oxygen atoms in total. The molecule has 1 N–H and O–H groups in total. The highest BCUT2D eigenvalue weighted by Gasteiger charge is 2.46. The molecule has 1 aliphatic heterocycles. The maximum Gasteiger partial charge on any atom is 0.223 e. The van der Waals surface area contributed by atoms with Crippen molar-refractivity contribution in [2.45, 2.75) is 63.2 Å². The number of furan rings is 1. The maximum absolute atomic E-state index is 13.0. The second-order valence-electron chi connectivity index (χ2n) is 9.29. The molecular formula is C21H29N3O4S. The maximum atomic E-state index is 13.0. The highest BCUT2D eigenvalue weighted by Crippen LogP contribution is 2.38. The minimum Gasteiger partial charge on any atom is -0.462 e. The van der Waals surface area contributed by atoms with Gasteiger partial charge in [0.1, 0.15) is 5.52 Å². The number of rotatable bonds is 4. The lowest BCUT2D eigenvalue weighted by Crippen LogP contribution is -2.53. The first-order valence-corrected chi connectivity index (χ1v) is 11.8. The monoisotopic (exact) mass is 419 g/mol. The van der Waals surface area contributed by atoms with Crippen LogP contribution in [0.2, 0.25) is 0 Å². The van der Waals surface area contributed by atoms with Crippen LogP contribution >= 0.6 is 0 Å². The Morgan fingerprint density at radius 1 is 1.24 bits per heavy atom. The van der Waals surface area contributed by atoms with Crippen LogP contribution in [0.25, 0.3) is 11.1 Å². The van der Waals surface area contributed by atoms with Crippen molar-refractivity contribution in [3.8, 4) is 0 Å². The Morgan fingerprint density at radius 2 is 1.93 bits per heavy atom. The molecule has 2 aliphatic rings. The largest absolute Gasteiger partial charge is 0.462 e. The van der Waals surface area contributed by atoms with E-state index < -0.39 is 15.3 Å². The minimum absolute atomic E-state index is 0.0398. The predicted octanol–water partition coefficient (Wildman–Crippen LogP) is 3.03. The van der Waals surface area contributed by atoms with E-state index in [0.29, 0.717) is 25.9 Å². The number of amides is 1. The molecule has 4 rings (SSSR count). The summed E-state index contributed by atoms with van der Waals surface area (Å²) >= 11 is 0. The van der Waals surface area contributed by atoms with E-state index in [1.165, 1.54) is 0 Å². The molecule has 0 radical (unpaired) electrons. The third-order valence-electron chi connectivity index (χ3n) is 6.00. The van der Waals surface area contributed by atoms with Crippen molar-refractivity contribution in [1.82, 2.24) is 14.6 Å². The number of sulfonamides is 1. The Morgan fingerprint density at radius 3 is 2.59 bits per heavy atom. The summed E-state index contributed by atoms with van der Waals surface area (Å²) in [5.74, 6) is 0.0150. The third-order valence-corrected chi connectivity index (χ3v) is 8.31. The van der Waals surface area contributed by atoms with Crippen LogP contribution in [-0.2, 0) is 14.8 Å². The van der Waals surface area contributed by atoms with Crippen molar-refractivity contribution in [3.63, 3.8) is 0 Å². The summed E-state index contributed by atoms with van der Waals surface area (Å²) in [6.45, 7) is 6.80. The standard InChI is InChI=1S/C21H29N3O4S/c1-21(2,3)23-20(25)15-11-16(12-15)29(26,27)24-9-6-14(7-10-24)17-13-28-18-5-4-8-22-19(17)18/h4-5,8,13-16H,6-7,9-12H2,1-3H3,(H,23,25)/t15-,16-. The van der Waals surface area contributed by atoms with Crippen molar-refractivity contribution < 1.29 is 17.6 Å². The van der Waals surface area contributed by atoms with Gasteiger partial charge in [0, 0.05) is 36.3 Å². The molecule has 0 atom stereocenters. The molecule has 1 saturated heterocycles. The van der Waals surface area contributed by atoms with Crippen LogP contribution in [0.4, 0.5) is 0 Å². The fraction of sp³-hybridized carbons (Fsp3) is 0.619. The van der Waals surface area contributed by atoms with Crippen LogP contribution in [0.3, 0.4) is 0 Å². The highest BCUT2D eigenvalue weighted by atomic mass is 32.2. The van der Waals surface area contributed by atoms with E-state index in [-0.39, 0.29) is 23.3 Å². The number of nitrogens with zero attached hydrogens (tertiary/aromatic N) is 2. The predicted molar refractivity (Wildman–Crippen MR) is 111 cm³/mol. The zero-order valence-corrected chi connectivity index (χ0v) is 18.0. The Labute approximate surface area is 171 Å². The van der Waals surface area contributed by atoms with E-state index in [4.69, 9.17) is 4.42 Å².